The molecule has 8 nitrogen and oxygen atoms in total. The van der Waals surface area contributed by atoms with E-state index in [1.807, 2.05) is 121 Å². The van der Waals surface area contributed by atoms with E-state index in [9.17, 15) is 5.26 Å². The number of nitriles is 1. The highest BCUT2D eigenvalue weighted by molar-refractivity contribution is 5.80. The largest absolute Gasteiger partial charge is 0.238 e. The van der Waals surface area contributed by atoms with Gasteiger partial charge in [0.25, 0.3) is 0 Å². The first-order chi connectivity index (χ1) is 41.5. The summed E-state index contributed by atoms with van der Waals surface area (Å²) >= 11 is 0. The third-order valence-electron chi connectivity index (χ3n) is 16.2. The van der Waals surface area contributed by atoms with Gasteiger partial charge in [0, 0.05) is 45.2 Å². The van der Waals surface area contributed by atoms with Crippen LogP contribution in [0.2, 0.25) is 0 Å². The van der Waals surface area contributed by atoms with Crippen LogP contribution in [0.4, 0.5) is 5.69 Å². The van der Waals surface area contributed by atoms with E-state index in [4.69, 9.17) is 36.5 Å². The van der Waals surface area contributed by atoms with E-state index in [1.54, 1.807) is 0 Å². The number of benzene rings is 11. The predicted molar refractivity (Wildman–Crippen MR) is 333 cm³/mol. The Hall–Kier alpha value is -11.6. The van der Waals surface area contributed by atoms with Crippen molar-refractivity contribution in [3.05, 3.63) is 317 Å². The summed E-state index contributed by atoms with van der Waals surface area (Å²) in [5, 5.41) is 9.33. The molecule has 2 aromatic heterocycles. The Morgan fingerprint density at radius 2 is 0.548 bits per heavy atom. The molecule has 0 radical (unpaired) electrons. The molecule has 2 heterocycles. The molecule has 0 amide bonds. The minimum absolute atomic E-state index is 0.0573. The lowest BCUT2D eigenvalue weighted by molar-refractivity contribution is 0.755. The highest BCUT2D eigenvalue weighted by Gasteiger charge is 2.41. The maximum Gasteiger partial charge on any atom is 0.187 e. The van der Waals surface area contributed by atoms with Crippen LogP contribution in [0.15, 0.2) is 267 Å². The quantitative estimate of drug-likeness (QED) is 0.126. The second-order valence-electron chi connectivity index (χ2n) is 21.2. The number of aromatic nitrogens is 6. The molecule has 8 heteroatoms. The van der Waals surface area contributed by atoms with E-state index in [-0.39, 0.29) is 11.8 Å². The van der Waals surface area contributed by atoms with Gasteiger partial charge < -0.3 is 0 Å². The van der Waals surface area contributed by atoms with E-state index in [0.717, 1.165) is 77.9 Å². The summed E-state index contributed by atoms with van der Waals surface area (Å²) in [6, 6.07) is 94.2. The van der Waals surface area contributed by atoms with Crippen LogP contribution in [0, 0.1) is 17.9 Å². The summed E-state index contributed by atoms with van der Waals surface area (Å²) in [5.41, 5.74) is 23.2. The van der Waals surface area contributed by atoms with E-state index >= 15 is 0 Å². The fourth-order valence-corrected chi connectivity index (χ4v) is 12.0. The maximum absolute atomic E-state index is 9.33. The summed E-state index contributed by atoms with van der Waals surface area (Å²) in [4.78, 5) is 34.0. The van der Waals surface area contributed by atoms with Crippen molar-refractivity contribution in [1.29, 1.82) is 5.26 Å². The Balaban J connectivity index is 0.754. The van der Waals surface area contributed by atoms with Gasteiger partial charge in [-0.2, -0.15) is 5.26 Å². The number of nitrogens with zero attached hydrogens (tertiary/aromatic N) is 8. The molecular weight excluding hydrogens is 1020 g/mol. The first kappa shape index (κ1) is 49.5. The van der Waals surface area contributed by atoms with Crippen LogP contribution in [0.1, 0.15) is 50.8 Å². The Kier molecular flexibility index (Phi) is 12.3. The molecule has 0 saturated heterocycles. The average Bonchev–Trinajstić information content (AvgIpc) is 0.852. The van der Waals surface area contributed by atoms with Gasteiger partial charge in [0.15, 0.2) is 40.6 Å². The van der Waals surface area contributed by atoms with E-state index in [1.165, 1.54) is 33.4 Å². The summed E-state index contributed by atoms with van der Waals surface area (Å²) in [7, 11) is 0. The Bertz CT molecular complexity index is 4470. The van der Waals surface area contributed by atoms with Crippen molar-refractivity contribution in [2.45, 2.75) is 11.8 Å². The SMILES string of the molecule is [C-]#[N+]c1ccc(-c2ccc(-c3nc(-c4ccccc4)nc(-c4cccc(-c5ccc6c(c5)C5c7ccccc7C6c6cc(-c7cccc(-c8nc(-c9ccccc9)nc(-c9ccc(-c%10ccc(C#N)cc%10)cc9)n8)c7)ccc65)c4)n3)cc2)cc1. The van der Waals surface area contributed by atoms with Crippen molar-refractivity contribution >= 4 is 5.69 Å². The molecule has 0 saturated carbocycles. The zero-order chi connectivity index (χ0) is 56.1. The van der Waals surface area contributed by atoms with Crippen molar-refractivity contribution in [3.63, 3.8) is 0 Å². The van der Waals surface area contributed by atoms with Gasteiger partial charge in [-0.05, 0) is 114 Å². The fourth-order valence-electron chi connectivity index (χ4n) is 12.0. The molecule has 390 valence electrons. The highest BCUT2D eigenvalue weighted by atomic mass is 15.0. The highest BCUT2D eigenvalue weighted by Crippen LogP contribution is 2.57. The minimum Gasteiger partial charge on any atom is -0.238 e. The van der Waals surface area contributed by atoms with Gasteiger partial charge in [0.2, 0.25) is 0 Å². The molecule has 3 aliphatic rings. The maximum atomic E-state index is 9.33. The van der Waals surface area contributed by atoms with Crippen LogP contribution in [0.25, 0.3) is 118 Å². The van der Waals surface area contributed by atoms with Crippen molar-refractivity contribution in [1.82, 2.24) is 29.9 Å². The molecule has 0 fully saturated rings. The molecule has 3 aliphatic carbocycles. The third kappa shape index (κ3) is 9.07. The lowest BCUT2D eigenvalue weighted by Gasteiger charge is -2.42. The van der Waals surface area contributed by atoms with Gasteiger partial charge in [-0.15, -0.1) is 0 Å². The van der Waals surface area contributed by atoms with Crippen molar-refractivity contribution in [2.24, 2.45) is 0 Å². The number of hydrogen-bond donors (Lipinski definition) is 0. The van der Waals surface area contributed by atoms with Crippen LogP contribution < -0.4 is 0 Å². The van der Waals surface area contributed by atoms with Gasteiger partial charge in [0.05, 0.1) is 18.2 Å². The standard InChI is InChI=1S/C76H46N8/c1-78-62-38-34-51(35-39-62)50-28-32-55(33-29-50)74-80-72(53-14-6-3-7-15-53)82-76(84-74)61-19-11-17-57(43-61)59-37-41-66-68(45-59)70-64-21-9-8-20-63(64)69(66)67-44-58(36-40-65(67)70)56-16-10-18-60(42-56)75-81-71(52-12-4-2-5-13-52)79-73(83-75)54-30-26-49(27-31-54)48-24-22-47(46-77)23-25-48/h2-45,69-70H. The average molecular weight is 1070 g/mol. The van der Waals surface area contributed by atoms with Gasteiger partial charge in [-0.1, -0.05) is 231 Å². The van der Waals surface area contributed by atoms with E-state index in [2.05, 4.69) is 157 Å². The molecule has 0 N–H and O–H groups in total. The molecule has 2 atom stereocenters. The number of rotatable bonds is 10. The second kappa shape index (κ2) is 20.8. The summed E-state index contributed by atoms with van der Waals surface area (Å²) in [6.07, 6.45) is 0. The normalized spacial score (nSPS) is 13.5. The summed E-state index contributed by atoms with van der Waals surface area (Å²) < 4.78 is 0. The molecule has 0 spiro atoms. The van der Waals surface area contributed by atoms with Crippen LogP contribution in [0.5, 0.6) is 0 Å². The predicted octanol–water partition coefficient (Wildman–Crippen LogP) is 18.1. The Labute approximate surface area is 486 Å². The molecule has 13 aromatic rings. The first-order valence-corrected chi connectivity index (χ1v) is 27.9. The molecule has 0 aliphatic heterocycles. The molecule has 84 heavy (non-hydrogen) atoms. The second-order valence-corrected chi connectivity index (χ2v) is 21.2. The van der Waals surface area contributed by atoms with Gasteiger partial charge >= 0.3 is 0 Å². The first-order valence-electron chi connectivity index (χ1n) is 27.9. The van der Waals surface area contributed by atoms with Crippen LogP contribution in [-0.2, 0) is 0 Å². The summed E-state index contributed by atoms with van der Waals surface area (Å²) in [5.74, 6) is 3.69. The van der Waals surface area contributed by atoms with Gasteiger partial charge in [0.1, 0.15) is 0 Å². The van der Waals surface area contributed by atoms with Gasteiger partial charge in [-0.3, -0.25) is 0 Å². The number of hydrogen-bond acceptors (Lipinski definition) is 7. The van der Waals surface area contributed by atoms with Crippen LogP contribution in [-0.4, -0.2) is 29.9 Å². The van der Waals surface area contributed by atoms with E-state index in [0.29, 0.717) is 46.2 Å². The van der Waals surface area contributed by atoms with Gasteiger partial charge in [-0.25, -0.2) is 34.7 Å². The topological polar surface area (TPSA) is 105 Å². The zero-order valence-electron chi connectivity index (χ0n) is 45.1. The molecule has 2 unspecified atom stereocenters. The smallest absolute Gasteiger partial charge is 0.187 e. The fraction of sp³-hybridized carbons (Fsp3) is 0.0263. The van der Waals surface area contributed by atoms with Crippen molar-refractivity contribution in [2.75, 3.05) is 0 Å². The monoisotopic (exact) mass is 1070 g/mol. The molecule has 11 aromatic carbocycles. The lowest BCUT2D eigenvalue weighted by Crippen LogP contribution is -2.27. The third-order valence-corrected chi connectivity index (χ3v) is 16.2. The molecule has 16 rings (SSSR count). The Morgan fingerprint density at radius 1 is 0.262 bits per heavy atom. The van der Waals surface area contributed by atoms with Crippen LogP contribution in [0.3, 0.4) is 0 Å². The molecule has 2 bridgehead atoms. The summed E-state index contributed by atoms with van der Waals surface area (Å²) in [6.45, 7) is 7.35. The minimum atomic E-state index is 0.0573. The Morgan fingerprint density at radius 3 is 0.940 bits per heavy atom. The van der Waals surface area contributed by atoms with E-state index < -0.39 is 0 Å². The van der Waals surface area contributed by atoms with Crippen molar-refractivity contribution < 1.29 is 0 Å². The zero-order valence-corrected chi connectivity index (χ0v) is 45.1. The lowest BCUT2D eigenvalue weighted by atomic mass is 9.60. The van der Waals surface area contributed by atoms with Crippen molar-refractivity contribution in [3.8, 4) is 119 Å². The van der Waals surface area contributed by atoms with Crippen LogP contribution >= 0.6 is 0 Å². The molecular formula is C76H46N8.